The monoisotopic (exact) mass is 366 g/mol. The number of guanidine groups is 1. The largest absolute Gasteiger partial charge is 0.379 e. The van der Waals surface area contributed by atoms with Crippen molar-refractivity contribution < 1.29 is 4.74 Å². The molecule has 1 N–H and O–H groups in total. The SMILES string of the molecule is CN=C(NCc1ccccc1CN1CCOCC1)N(C)Cc1ccccc1. The van der Waals surface area contributed by atoms with E-state index in [0.717, 1.165) is 51.9 Å². The molecule has 1 heterocycles. The number of ether oxygens (including phenoxy) is 1. The minimum absolute atomic E-state index is 0.770. The number of nitrogens with one attached hydrogen (secondary N) is 1. The predicted molar refractivity (Wildman–Crippen MR) is 111 cm³/mol. The lowest BCUT2D eigenvalue weighted by Crippen LogP contribution is -2.38. The van der Waals surface area contributed by atoms with Gasteiger partial charge in [-0.05, 0) is 16.7 Å². The van der Waals surface area contributed by atoms with Crippen LogP contribution in [-0.2, 0) is 24.4 Å². The summed E-state index contributed by atoms with van der Waals surface area (Å²) >= 11 is 0. The zero-order valence-electron chi connectivity index (χ0n) is 16.4. The minimum atomic E-state index is 0.770. The molecule has 0 aromatic heterocycles. The van der Waals surface area contributed by atoms with Crippen LogP contribution < -0.4 is 5.32 Å². The fourth-order valence-electron chi connectivity index (χ4n) is 3.38. The van der Waals surface area contributed by atoms with Crippen LogP contribution in [0.5, 0.6) is 0 Å². The highest BCUT2D eigenvalue weighted by molar-refractivity contribution is 5.79. The van der Waals surface area contributed by atoms with Gasteiger partial charge in [-0.3, -0.25) is 9.89 Å². The molecule has 1 aliphatic heterocycles. The van der Waals surface area contributed by atoms with Crippen molar-refractivity contribution in [3.8, 4) is 0 Å². The zero-order chi connectivity index (χ0) is 18.9. The maximum Gasteiger partial charge on any atom is 0.193 e. The van der Waals surface area contributed by atoms with Crippen molar-refractivity contribution in [2.45, 2.75) is 19.6 Å². The van der Waals surface area contributed by atoms with Gasteiger partial charge in [0.05, 0.1) is 13.2 Å². The van der Waals surface area contributed by atoms with Gasteiger partial charge in [0.15, 0.2) is 5.96 Å². The van der Waals surface area contributed by atoms with Gasteiger partial charge in [-0.25, -0.2) is 0 Å². The lowest BCUT2D eigenvalue weighted by molar-refractivity contribution is 0.0341. The first-order chi connectivity index (χ1) is 13.3. The van der Waals surface area contributed by atoms with E-state index in [9.17, 15) is 0 Å². The molecule has 0 atom stereocenters. The second-order valence-corrected chi connectivity index (χ2v) is 6.90. The molecular formula is C22H30N4O. The van der Waals surface area contributed by atoms with Crippen LogP contribution in [0.4, 0.5) is 0 Å². The average molecular weight is 367 g/mol. The molecule has 1 aliphatic rings. The highest BCUT2D eigenvalue weighted by Crippen LogP contribution is 2.13. The third kappa shape index (κ3) is 5.81. The summed E-state index contributed by atoms with van der Waals surface area (Å²) in [5.41, 5.74) is 3.96. The molecule has 2 aromatic rings. The smallest absolute Gasteiger partial charge is 0.193 e. The lowest BCUT2D eigenvalue weighted by Gasteiger charge is -2.28. The van der Waals surface area contributed by atoms with E-state index in [2.05, 4.69) is 75.7 Å². The van der Waals surface area contributed by atoms with Gasteiger partial charge in [0.1, 0.15) is 0 Å². The fraction of sp³-hybridized carbons (Fsp3) is 0.409. The van der Waals surface area contributed by atoms with Crippen molar-refractivity contribution in [2.75, 3.05) is 40.4 Å². The quantitative estimate of drug-likeness (QED) is 0.630. The normalized spacial score (nSPS) is 15.6. The molecule has 0 saturated carbocycles. The van der Waals surface area contributed by atoms with E-state index in [1.54, 1.807) is 0 Å². The minimum Gasteiger partial charge on any atom is -0.379 e. The lowest BCUT2D eigenvalue weighted by atomic mass is 10.1. The van der Waals surface area contributed by atoms with Crippen LogP contribution in [0.25, 0.3) is 0 Å². The Morgan fingerprint density at radius 3 is 2.41 bits per heavy atom. The van der Waals surface area contributed by atoms with E-state index in [0.29, 0.717) is 0 Å². The first kappa shape index (κ1) is 19.4. The zero-order valence-corrected chi connectivity index (χ0v) is 16.4. The van der Waals surface area contributed by atoms with E-state index in [1.165, 1.54) is 16.7 Å². The van der Waals surface area contributed by atoms with Crippen LogP contribution in [0.15, 0.2) is 59.6 Å². The Balaban J connectivity index is 1.59. The standard InChI is InChI=1S/C22H30N4O/c1-23-22(25(2)17-19-8-4-3-5-9-19)24-16-20-10-6-7-11-21(20)18-26-12-14-27-15-13-26/h3-11H,12-18H2,1-2H3,(H,23,24). The van der Waals surface area contributed by atoms with Crippen LogP contribution in [0.2, 0.25) is 0 Å². The van der Waals surface area contributed by atoms with E-state index in [4.69, 9.17) is 4.74 Å². The van der Waals surface area contributed by atoms with Gasteiger partial charge >= 0.3 is 0 Å². The predicted octanol–water partition coefficient (Wildman–Crippen LogP) is 2.73. The Kier molecular flexibility index (Phi) is 7.25. The number of rotatable bonds is 6. The summed E-state index contributed by atoms with van der Waals surface area (Å²) in [6, 6.07) is 19.1. The molecule has 1 saturated heterocycles. The topological polar surface area (TPSA) is 40.1 Å². The van der Waals surface area contributed by atoms with Crippen molar-refractivity contribution in [1.29, 1.82) is 0 Å². The summed E-state index contributed by atoms with van der Waals surface area (Å²) in [5, 5.41) is 3.52. The molecule has 27 heavy (non-hydrogen) atoms. The third-order valence-corrected chi connectivity index (χ3v) is 4.89. The molecule has 0 bridgehead atoms. The number of hydrogen-bond donors (Lipinski definition) is 1. The molecule has 5 nitrogen and oxygen atoms in total. The van der Waals surface area contributed by atoms with Crippen molar-refractivity contribution >= 4 is 5.96 Å². The molecule has 5 heteroatoms. The fourth-order valence-corrected chi connectivity index (χ4v) is 3.38. The first-order valence-corrected chi connectivity index (χ1v) is 9.59. The van der Waals surface area contributed by atoms with Crippen molar-refractivity contribution in [1.82, 2.24) is 15.1 Å². The van der Waals surface area contributed by atoms with Gasteiger partial charge in [0, 0.05) is 46.8 Å². The average Bonchev–Trinajstić information content (AvgIpc) is 2.71. The summed E-state index contributed by atoms with van der Waals surface area (Å²) in [4.78, 5) is 9.06. The summed E-state index contributed by atoms with van der Waals surface area (Å²) in [7, 11) is 3.91. The van der Waals surface area contributed by atoms with Gasteiger partial charge in [0.25, 0.3) is 0 Å². The second-order valence-electron chi connectivity index (χ2n) is 6.90. The second kappa shape index (κ2) is 10.1. The van der Waals surface area contributed by atoms with Crippen LogP contribution in [0.3, 0.4) is 0 Å². The Bertz CT molecular complexity index is 726. The molecular weight excluding hydrogens is 336 g/mol. The summed E-state index contributed by atoms with van der Waals surface area (Å²) in [5.74, 6) is 0.903. The van der Waals surface area contributed by atoms with E-state index in [1.807, 2.05) is 13.1 Å². The highest BCUT2D eigenvalue weighted by Gasteiger charge is 2.13. The number of benzene rings is 2. The van der Waals surface area contributed by atoms with Crippen LogP contribution in [-0.4, -0.2) is 56.2 Å². The molecule has 0 amide bonds. The molecule has 1 fully saturated rings. The van der Waals surface area contributed by atoms with Gasteiger partial charge in [-0.2, -0.15) is 0 Å². The van der Waals surface area contributed by atoms with Crippen molar-refractivity contribution in [2.24, 2.45) is 4.99 Å². The number of nitrogens with zero attached hydrogens (tertiary/aromatic N) is 3. The van der Waals surface area contributed by atoms with Crippen molar-refractivity contribution in [3.63, 3.8) is 0 Å². The Labute approximate surface area is 162 Å². The maximum absolute atomic E-state index is 5.46. The molecule has 0 unspecified atom stereocenters. The third-order valence-electron chi connectivity index (χ3n) is 4.89. The van der Waals surface area contributed by atoms with Crippen LogP contribution in [0, 0.1) is 0 Å². The van der Waals surface area contributed by atoms with Gasteiger partial charge < -0.3 is 15.0 Å². The summed E-state index contributed by atoms with van der Waals surface area (Å²) < 4.78 is 5.46. The highest BCUT2D eigenvalue weighted by atomic mass is 16.5. The van der Waals surface area contributed by atoms with Crippen LogP contribution >= 0.6 is 0 Å². The van der Waals surface area contributed by atoms with Gasteiger partial charge in [-0.15, -0.1) is 0 Å². The van der Waals surface area contributed by atoms with E-state index < -0.39 is 0 Å². The van der Waals surface area contributed by atoms with Gasteiger partial charge in [-0.1, -0.05) is 54.6 Å². The molecule has 3 rings (SSSR count). The van der Waals surface area contributed by atoms with Crippen LogP contribution in [0.1, 0.15) is 16.7 Å². The number of morpholine rings is 1. The molecule has 2 aromatic carbocycles. The molecule has 144 valence electrons. The Hall–Kier alpha value is -2.37. The summed E-state index contributed by atoms with van der Waals surface area (Å²) in [6.07, 6.45) is 0. The first-order valence-electron chi connectivity index (χ1n) is 9.59. The molecule has 0 radical (unpaired) electrons. The summed E-state index contributed by atoms with van der Waals surface area (Å²) in [6.45, 7) is 6.24. The van der Waals surface area contributed by atoms with Gasteiger partial charge in [0.2, 0.25) is 0 Å². The molecule has 0 aliphatic carbocycles. The van der Waals surface area contributed by atoms with E-state index in [-0.39, 0.29) is 0 Å². The molecule has 0 spiro atoms. The number of hydrogen-bond acceptors (Lipinski definition) is 3. The van der Waals surface area contributed by atoms with Crippen molar-refractivity contribution in [3.05, 3.63) is 71.3 Å². The Morgan fingerprint density at radius 1 is 1.04 bits per heavy atom. The maximum atomic E-state index is 5.46. The Morgan fingerprint density at radius 2 is 1.70 bits per heavy atom. The van der Waals surface area contributed by atoms with E-state index >= 15 is 0 Å². The number of aliphatic imine (C=N–C) groups is 1.